The number of benzene rings is 3. The predicted molar refractivity (Wildman–Crippen MR) is 194 cm³/mol. The zero-order valence-corrected chi connectivity index (χ0v) is 29.4. The minimum atomic E-state index is -1.32. The average Bonchev–Trinajstić information content (AvgIpc) is 3.07. The van der Waals surface area contributed by atoms with E-state index in [1.54, 1.807) is 27.0 Å². The Labute approximate surface area is 294 Å². The van der Waals surface area contributed by atoms with E-state index in [-0.39, 0.29) is 25.4 Å². The number of aliphatic hydroxyl groups excluding tert-OH is 1. The van der Waals surface area contributed by atoms with Crippen LogP contribution in [0.15, 0.2) is 97.2 Å². The predicted octanol–water partition coefficient (Wildman–Crippen LogP) is 5.63. The van der Waals surface area contributed by atoms with Crippen LogP contribution in [0.1, 0.15) is 49.4 Å². The van der Waals surface area contributed by atoms with Crippen molar-refractivity contribution < 1.29 is 29.3 Å². The summed E-state index contributed by atoms with van der Waals surface area (Å²) in [4.78, 5) is 42.9. The molecule has 10 nitrogen and oxygen atoms in total. The number of carboxylic acid groups (broad SMARTS) is 1. The third-order valence-corrected chi connectivity index (χ3v) is 8.53. The van der Waals surface area contributed by atoms with Crippen molar-refractivity contribution in [3.05, 3.63) is 119 Å². The highest BCUT2D eigenvalue weighted by atomic mass is 16.5. The normalized spacial score (nSPS) is 13.7. The second kappa shape index (κ2) is 17.4. The molecule has 50 heavy (non-hydrogen) atoms. The Morgan fingerprint density at radius 3 is 2.02 bits per heavy atom. The van der Waals surface area contributed by atoms with Crippen LogP contribution >= 0.6 is 0 Å². The Morgan fingerprint density at radius 1 is 0.780 bits per heavy atom. The summed E-state index contributed by atoms with van der Waals surface area (Å²) in [6.07, 6.45) is 0.0683. The van der Waals surface area contributed by atoms with Crippen molar-refractivity contribution in [2.75, 3.05) is 6.61 Å². The highest BCUT2D eigenvalue weighted by Crippen LogP contribution is 2.24. The molecule has 0 aliphatic rings. The summed E-state index contributed by atoms with van der Waals surface area (Å²) in [6, 6.07) is 26.4. The molecule has 3 aromatic carbocycles. The smallest absolute Gasteiger partial charge is 0.405 e. The average molecular weight is 681 g/mol. The van der Waals surface area contributed by atoms with E-state index < -0.39 is 41.6 Å². The van der Waals surface area contributed by atoms with Crippen molar-refractivity contribution in [3.63, 3.8) is 0 Å². The van der Waals surface area contributed by atoms with Gasteiger partial charge in [-0.1, -0.05) is 99.6 Å². The molecule has 0 aliphatic carbocycles. The third-order valence-electron chi connectivity index (χ3n) is 8.53. The fourth-order valence-corrected chi connectivity index (χ4v) is 5.93. The molecule has 1 aromatic heterocycles. The van der Waals surface area contributed by atoms with Crippen molar-refractivity contribution in [1.82, 2.24) is 20.9 Å². The van der Waals surface area contributed by atoms with E-state index in [9.17, 15) is 24.6 Å². The lowest BCUT2D eigenvalue weighted by molar-refractivity contribution is -0.127. The molecule has 4 atom stereocenters. The molecule has 4 unspecified atom stereocenters. The van der Waals surface area contributed by atoms with Gasteiger partial charge >= 0.3 is 6.09 Å². The molecule has 264 valence electrons. The van der Waals surface area contributed by atoms with E-state index in [4.69, 9.17) is 4.74 Å². The minimum Gasteiger partial charge on any atom is -0.483 e. The molecule has 0 saturated heterocycles. The van der Waals surface area contributed by atoms with Gasteiger partial charge in [-0.15, -0.1) is 0 Å². The Balaban J connectivity index is 1.57. The summed E-state index contributed by atoms with van der Waals surface area (Å²) in [7, 11) is 0. The summed E-state index contributed by atoms with van der Waals surface area (Å²) in [5.41, 5.74) is 4.64. The fraction of sp³-hybridized carbons (Fsp3) is 0.350. The first kappa shape index (κ1) is 37.6. The minimum absolute atomic E-state index is 0.105. The van der Waals surface area contributed by atoms with E-state index in [0.717, 1.165) is 33.5 Å². The number of ether oxygens (including phenoxy) is 1. The number of aromatic nitrogens is 1. The first-order valence-corrected chi connectivity index (χ1v) is 16.8. The number of nitrogens with one attached hydrogen (secondary N) is 3. The summed E-state index contributed by atoms with van der Waals surface area (Å²) in [5.74, 6) is -0.243. The van der Waals surface area contributed by atoms with Gasteiger partial charge in [0.25, 0.3) is 5.91 Å². The lowest BCUT2D eigenvalue weighted by atomic mass is 9.85. The van der Waals surface area contributed by atoms with Crippen LogP contribution < -0.4 is 20.7 Å². The molecule has 1 heterocycles. The van der Waals surface area contributed by atoms with Gasteiger partial charge in [0, 0.05) is 17.8 Å². The van der Waals surface area contributed by atoms with Gasteiger partial charge in [-0.05, 0) is 72.9 Å². The van der Waals surface area contributed by atoms with Gasteiger partial charge in [-0.25, -0.2) is 4.79 Å². The molecule has 0 bridgehead atoms. The van der Waals surface area contributed by atoms with Crippen LogP contribution in [0.2, 0.25) is 0 Å². The van der Waals surface area contributed by atoms with Gasteiger partial charge in [-0.3, -0.25) is 14.6 Å². The lowest BCUT2D eigenvalue weighted by Crippen LogP contribution is -2.58. The number of rotatable bonds is 15. The zero-order valence-electron chi connectivity index (χ0n) is 29.4. The lowest BCUT2D eigenvalue weighted by Gasteiger charge is -2.33. The third kappa shape index (κ3) is 11.2. The Kier molecular flexibility index (Phi) is 13.1. The first-order valence-electron chi connectivity index (χ1n) is 16.8. The summed E-state index contributed by atoms with van der Waals surface area (Å²) in [5, 5.41) is 29.6. The molecule has 0 aliphatic heterocycles. The Hall–Kier alpha value is -5.22. The molecule has 3 amide bonds. The van der Waals surface area contributed by atoms with Gasteiger partial charge in [0.2, 0.25) is 5.91 Å². The van der Waals surface area contributed by atoms with Crippen LogP contribution in [0.5, 0.6) is 5.75 Å². The number of hydrogen-bond donors (Lipinski definition) is 5. The number of aryl methyl sites for hydroxylation is 2. The monoisotopic (exact) mass is 680 g/mol. The van der Waals surface area contributed by atoms with Crippen LogP contribution in [-0.4, -0.2) is 63.9 Å². The Morgan fingerprint density at radius 2 is 1.42 bits per heavy atom. The molecule has 4 rings (SSSR count). The summed E-state index contributed by atoms with van der Waals surface area (Å²) < 4.78 is 5.91. The van der Waals surface area contributed by atoms with Crippen LogP contribution in [0.4, 0.5) is 4.79 Å². The van der Waals surface area contributed by atoms with Gasteiger partial charge in [0.1, 0.15) is 11.8 Å². The SMILES string of the molecule is Cc1cccc(C)c1OCC(=O)NC(Cc1ccccc1)CC(O)C(Cc1ccc(-c2ccccn2)cc1)NC(=O)C(NC(=O)O)C(C)(C)C. The number of amides is 3. The van der Waals surface area contributed by atoms with E-state index >= 15 is 0 Å². The highest BCUT2D eigenvalue weighted by Gasteiger charge is 2.35. The topological polar surface area (TPSA) is 150 Å². The van der Waals surface area contributed by atoms with Crippen LogP contribution in [-0.2, 0) is 22.4 Å². The van der Waals surface area contributed by atoms with Gasteiger partial charge in [-0.2, -0.15) is 0 Å². The first-order chi connectivity index (χ1) is 23.8. The number of pyridine rings is 1. The summed E-state index contributed by atoms with van der Waals surface area (Å²) in [6.45, 7) is 8.93. The quantitative estimate of drug-likeness (QED) is 0.109. The number of hydrogen-bond acceptors (Lipinski definition) is 6. The molecule has 0 saturated carbocycles. The van der Waals surface area contributed by atoms with Crippen LogP contribution in [0.25, 0.3) is 11.3 Å². The highest BCUT2D eigenvalue weighted by molar-refractivity contribution is 5.86. The molecule has 0 radical (unpaired) electrons. The maximum atomic E-state index is 13.7. The van der Waals surface area contributed by atoms with E-state index in [2.05, 4.69) is 20.9 Å². The van der Waals surface area contributed by atoms with Crippen molar-refractivity contribution in [3.8, 4) is 17.0 Å². The number of para-hydroxylation sites is 1. The standard InChI is InChI=1S/C40H48N4O6/c1-26-12-11-13-27(2)36(26)50-25-35(46)42-31(22-28-14-7-6-8-15-28)24-34(45)33(43-38(47)37(40(3,4)5)44-39(48)49)23-29-17-19-30(20-18-29)32-16-9-10-21-41-32/h6-21,31,33-34,37,44-45H,22-25H2,1-5H3,(H,42,46)(H,43,47)(H,48,49). The largest absolute Gasteiger partial charge is 0.483 e. The number of carbonyl (C=O) groups excluding carboxylic acids is 2. The maximum Gasteiger partial charge on any atom is 0.405 e. The molecule has 4 aromatic rings. The van der Waals surface area contributed by atoms with Crippen molar-refractivity contribution in [1.29, 1.82) is 0 Å². The molecular weight excluding hydrogens is 632 g/mol. The van der Waals surface area contributed by atoms with Gasteiger partial charge in [0.15, 0.2) is 6.61 Å². The molecule has 5 N–H and O–H groups in total. The number of carbonyl (C=O) groups is 3. The van der Waals surface area contributed by atoms with Crippen LogP contribution in [0.3, 0.4) is 0 Å². The Bertz CT molecular complexity index is 1690. The van der Waals surface area contributed by atoms with E-state index in [0.29, 0.717) is 12.2 Å². The molecule has 0 spiro atoms. The molecule has 0 fully saturated rings. The van der Waals surface area contributed by atoms with E-state index in [1.165, 1.54) is 0 Å². The van der Waals surface area contributed by atoms with Gasteiger partial charge in [0.05, 0.1) is 17.8 Å². The van der Waals surface area contributed by atoms with E-state index in [1.807, 2.05) is 105 Å². The second-order valence-electron chi connectivity index (χ2n) is 13.7. The van der Waals surface area contributed by atoms with Crippen molar-refractivity contribution in [2.45, 2.75) is 78.1 Å². The fourth-order valence-electron chi connectivity index (χ4n) is 5.93. The number of aliphatic hydroxyl groups is 1. The molecule has 10 heteroatoms. The van der Waals surface area contributed by atoms with Crippen LogP contribution in [0, 0.1) is 19.3 Å². The van der Waals surface area contributed by atoms with Gasteiger partial charge < -0.3 is 30.9 Å². The van der Waals surface area contributed by atoms with Crippen molar-refractivity contribution >= 4 is 17.9 Å². The number of nitrogens with zero attached hydrogens (tertiary/aromatic N) is 1. The summed E-state index contributed by atoms with van der Waals surface area (Å²) >= 11 is 0. The van der Waals surface area contributed by atoms with Crippen molar-refractivity contribution in [2.24, 2.45) is 5.41 Å². The molecular formula is C40H48N4O6. The maximum absolute atomic E-state index is 13.7. The second-order valence-corrected chi connectivity index (χ2v) is 13.7. The zero-order chi connectivity index (χ0) is 36.3.